The minimum Gasteiger partial charge on any atom is -0.343 e. The molecule has 0 bridgehead atoms. The lowest BCUT2D eigenvalue weighted by Gasteiger charge is -2.29. The number of aromatic nitrogens is 3. The van der Waals surface area contributed by atoms with Gasteiger partial charge in [-0.3, -0.25) is 4.79 Å². The molecular weight excluding hydrogens is 487 g/mol. The van der Waals surface area contributed by atoms with Crippen LogP contribution >= 0.6 is 11.6 Å². The van der Waals surface area contributed by atoms with Gasteiger partial charge in [0.1, 0.15) is 16.8 Å². The Kier molecular flexibility index (Phi) is 6.93. The molecule has 0 aliphatic carbocycles. The summed E-state index contributed by atoms with van der Waals surface area (Å²) in [6.45, 7) is 4.17. The number of anilines is 3. The summed E-state index contributed by atoms with van der Waals surface area (Å²) in [5.41, 5.74) is 0.276. The fourth-order valence-electron chi connectivity index (χ4n) is 3.61. The largest absolute Gasteiger partial charge is 0.417 e. The van der Waals surface area contributed by atoms with Crippen LogP contribution in [0.3, 0.4) is 0 Å². The third-order valence-corrected chi connectivity index (χ3v) is 5.51. The van der Waals surface area contributed by atoms with Crippen LogP contribution in [0.2, 0.25) is 5.15 Å². The van der Waals surface area contributed by atoms with Gasteiger partial charge in [-0.2, -0.15) is 13.2 Å². The average molecular weight is 508 g/mol. The normalized spacial score (nSPS) is 20.0. The lowest BCUT2D eigenvalue weighted by molar-refractivity contribution is -0.176. The van der Waals surface area contributed by atoms with Crippen molar-refractivity contribution in [3.63, 3.8) is 0 Å². The quantitative estimate of drug-likeness (QED) is 0.423. The zero-order chi connectivity index (χ0) is 25.2. The van der Waals surface area contributed by atoms with Crippen LogP contribution in [0.4, 0.5) is 30.5 Å². The molecule has 1 amide bonds. The van der Waals surface area contributed by atoms with Gasteiger partial charge in [-0.05, 0) is 37.3 Å². The van der Waals surface area contributed by atoms with Gasteiger partial charge in [-0.15, -0.1) is 0 Å². The molecule has 4 heterocycles. The Hall–Kier alpha value is -3.28. The first-order valence-electron chi connectivity index (χ1n) is 10.6. The number of carbonyl (C=O) groups excluding carboxylic acids is 1. The van der Waals surface area contributed by atoms with E-state index in [1.807, 2.05) is 13.8 Å². The molecule has 0 unspecified atom stereocenters. The average Bonchev–Trinajstić information content (AvgIpc) is 3.22. The Labute approximate surface area is 203 Å². The maximum absolute atomic E-state index is 13.0. The topological polar surface area (TPSA) is 98.3 Å². The summed E-state index contributed by atoms with van der Waals surface area (Å²) < 4.78 is 50.2. The number of alkyl halides is 3. The van der Waals surface area contributed by atoms with E-state index in [2.05, 4.69) is 25.6 Å². The van der Waals surface area contributed by atoms with E-state index in [4.69, 9.17) is 21.1 Å². The number of halogens is 4. The molecule has 0 saturated carbocycles. The summed E-state index contributed by atoms with van der Waals surface area (Å²) in [6.07, 6.45) is -0.621. The van der Waals surface area contributed by atoms with Crippen molar-refractivity contribution in [2.45, 2.75) is 38.3 Å². The van der Waals surface area contributed by atoms with Gasteiger partial charge in [-0.25, -0.2) is 15.0 Å². The fraction of sp³-hybridized carbons (Fsp3) is 0.304. The second-order valence-electron chi connectivity index (χ2n) is 7.84. The number of ether oxygens (including phenoxy) is 2. The van der Waals surface area contributed by atoms with E-state index in [0.29, 0.717) is 30.5 Å². The molecule has 1 aliphatic heterocycles. The molecule has 184 valence electrons. The molecule has 2 N–H and O–H groups in total. The van der Waals surface area contributed by atoms with Gasteiger partial charge in [0.25, 0.3) is 5.91 Å². The fourth-order valence-corrected chi connectivity index (χ4v) is 3.77. The highest BCUT2D eigenvalue weighted by Gasteiger charge is 2.42. The van der Waals surface area contributed by atoms with Gasteiger partial charge in [0.05, 0.1) is 30.2 Å². The highest BCUT2D eigenvalue weighted by atomic mass is 35.5. The first kappa shape index (κ1) is 24.8. The van der Waals surface area contributed by atoms with Crippen molar-refractivity contribution in [2.75, 3.05) is 17.2 Å². The maximum Gasteiger partial charge on any atom is 0.417 e. The first-order chi connectivity index (χ1) is 16.6. The molecule has 12 heteroatoms. The second kappa shape index (κ2) is 9.76. The van der Waals surface area contributed by atoms with Gasteiger partial charge in [0.2, 0.25) is 0 Å². The van der Waals surface area contributed by atoms with E-state index >= 15 is 0 Å². The number of rotatable bonds is 6. The van der Waals surface area contributed by atoms with Crippen molar-refractivity contribution < 1.29 is 27.4 Å². The summed E-state index contributed by atoms with van der Waals surface area (Å²) >= 11 is 6.12. The van der Waals surface area contributed by atoms with Crippen molar-refractivity contribution >= 4 is 34.8 Å². The van der Waals surface area contributed by atoms with Crippen LogP contribution in [-0.4, -0.2) is 33.6 Å². The monoisotopic (exact) mass is 507 g/mol. The standard InChI is InChI=1S/C23H21ClF3N5O3/c1-3-22(34-12-13(2)35-22)16-9-18(24)29-11-17(16)31-21(33)14-6-7-28-20(8-14)32-19-5-4-15(10-30-19)23(25,26)27/h4-11,13H,3,12H2,1-2H3,(H,31,33)(H,28,30,32)/t13-,22+/m0/s1. The minimum absolute atomic E-state index is 0.141. The second-order valence-corrected chi connectivity index (χ2v) is 8.22. The van der Waals surface area contributed by atoms with Crippen molar-refractivity contribution in [2.24, 2.45) is 0 Å². The molecule has 0 radical (unpaired) electrons. The van der Waals surface area contributed by atoms with Crippen LogP contribution in [0.15, 0.2) is 48.9 Å². The third-order valence-electron chi connectivity index (χ3n) is 5.31. The maximum atomic E-state index is 13.0. The Morgan fingerprint density at radius 3 is 2.60 bits per heavy atom. The number of hydrogen-bond acceptors (Lipinski definition) is 7. The summed E-state index contributed by atoms with van der Waals surface area (Å²) in [6, 6.07) is 6.60. The van der Waals surface area contributed by atoms with E-state index in [0.717, 1.165) is 6.07 Å². The number of pyridine rings is 3. The van der Waals surface area contributed by atoms with Crippen molar-refractivity contribution in [3.8, 4) is 0 Å². The molecule has 1 aliphatic rings. The number of nitrogens with one attached hydrogen (secondary N) is 2. The van der Waals surface area contributed by atoms with Gasteiger partial charge in [0, 0.05) is 29.9 Å². The number of nitrogens with zero attached hydrogens (tertiary/aromatic N) is 3. The van der Waals surface area contributed by atoms with Gasteiger partial charge in [0.15, 0.2) is 5.79 Å². The van der Waals surface area contributed by atoms with Crippen molar-refractivity contribution in [1.29, 1.82) is 0 Å². The third kappa shape index (κ3) is 5.53. The molecule has 1 saturated heterocycles. The predicted octanol–water partition coefficient (Wildman–Crippen LogP) is 5.54. The van der Waals surface area contributed by atoms with Gasteiger partial charge in [-0.1, -0.05) is 18.5 Å². The Balaban J connectivity index is 1.54. The molecule has 3 aromatic rings. The number of carbonyl (C=O) groups is 1. The van der Waals surface area contributed by atoms with Crippen molar-refractivity contribution in [1.82, 2.24) is 15.0 Å². The van der Waals surface area contributed by atoms with Crippen LogP contribution < -0.4 is 10.6 Å². The number of hydrogen-bond donors (Lipinski definition) is 2. The van der Waals surface area contributed by atoms with E-state index in [9.17, 15) is 18.0 Å². The Bertz CT molecular complexity index is 1230. The molecular formula is C23H21ClF3N5O3. The van der Waals surface area contributed by atoms with Gasteiger partial charge < -0.3 is 20.1 Å². The van der Waals surface area contributed by atoms with E-state index in [1.54, 1.807) is 6.07 Å². The lowest BCUT2D eigenvalue weighted by atomic mass is 10.0. The predicted molar refractivity (Wildman–Crippen MR) is 122 cm³/mol. The van der Waals surface area contributed by atoms with Crippen molar-refractivity contribution in [3.05, 3.63) is 70.8 Å². The molecule has 35 heavy (non-hydrogen) atoms. The molecule has 8 nitrogen and oxygen atoms in total. The van der Waals surface area contributed by atoms with Crippen LogP contribution in [-0.2, 0) is 21.4 Å². The molecule has 0 spiro atoms. The van der Waals surface area contributed by atoms with E-state index < -0.39 is 23.4 Å². The molecule has 1 fully saturated rings. The summed E-state index contributed by atoms with van der Waals surface area (Å²) in [5, 5.41) is 5.81. The van der Waals surface area contributed by atoms with Crippen LogP contribution in [0, 0.1) is 0 Å². The summed E-state index contributed by atoms with van der Waals surface area (Å²) in [4.78, 5) is 24.9. The van der Waals surface area contributed by atoms with Crippen LogP contribution in [0.1, 0.15) is 41.8 Å². The minimum atomic E-state index is -4.49. The molecule has 4 rings (SSSR count). The van der Waals surface area contributed by atoms with Crippen LogP contribution in [0.5, 0.6) is 0 Å². The zero-order valence-electron chi connectivity index (χ0n) is 18.7. The summed E-state index contributed by atoms with van der Waals surface area (Å²) in [5.74, 6) is -1.19. The summed E-state index contributed by atoms with van der Waals surface area (Å²) in [7, 11) is 0. The zero-order valence-corrected chi connectivity index (χ0v) is 19.4. The van der Waals surface area contributed by atoms with Crippen LogP contribution in [0.25, 0.3) is 0 Å². The Morgan fingerprint density at radius 1 is 1.17 bits per heavy atom. The SMILES string of the molecule is CC[C@@]1(c2cc(Cl)ncc2NC(=O)c2ccnc(Nc3ccc(C(F)(F)F)cn3)c2)OC[C@H](C)O1. The highest BCUT2D eigenvalue weighted by molar-refractivity contribution is 6.29. The van der Waals surface area contributed by atoms with E-state index in [-0.39, 0.29) is 28.5 Å². The molecule has 3 aromatic heterocycles. The smallest absolute Gasteiger partial charge is 0.343 e. The Morgan fingerprint density at radius 2 is 1.97 bits per heavy atom. The highest BCUT2D eigenvalue weighted by Crippen LogP contribution is 2.41. The molecule has 2 atom stereocenters. The number of amides is 1. The lowest BCUT2D eigenvalue weighted by Crippen LogP contribution is -2.29. The van der Waals surface area contributed by atoms with E-state index in [1.165, 1.54) is 30.6 Å². The molecule has 0 aromatic carbocycles. The van der Waals surface area contributed by atoms with Gasteiger partial charge >= 0.3 is 6.18 Å². The first-order valence-corrected chi connectivity index (χ1v) is 11.0.